The first-order valence-corrected chi connectivity index (χ1v) is 7.00. The van der Waals surface area contributed by atoms with Gasteiger partial charge in [0.1, 0.15) is 11.4 Å². The smallest absolute Gasteiger partial charge is 0.329 e. The SMILES string of the molecule is CSNC(=O)Nc1c(Cl)cccc1OCCCN. The summed E-state index contributed by atoms with van der Waals surface area (Å²) in [4.78, 5) is 11.5. The molecule has 4 N–H and O–H groups in total. The van der Waals surface area contributed by atoms with Gasteiger partial charge in [0.05, 0.1) is 11.6 Å². The average molecular weight is 290 g/mol. The Labute approximate surface area is 116 Å². The van der Waals surface area contributed by atoms with Crippen LogP contribution >= 0.6 is 23.5 Å². The lowest BCUT2D eigenvalue weighted by Crippen LogP contribution is -2.23. The molecule has 1 rings (SSSR count). The van der Waals surface area contributed by atoms with Crippen molar-refractivity contribution in [2.45, 2.75) is 6.42 Å². The minimum absolute atomic E-state index is 0.348. The third kappa shape index (κ3) is 4.64. The Hall–Kier alpha value is -1.11. The molecule has 0 saturated carbocycles. The molecule has 0 radical (unpaired) electrons. The van der Waals surface area contributed by atoms with Crippen LogP contribution in [-0.4, -0.2) is 25.4 Å². The van der Waals surface area contributed by atoms with Crippen molar-refractivity contribution in [3.63, 3.8) is 0 Å². The fourth-order valence-corrected chi connectivity index (χ4v) is 1.69. The summed E-state index contributed by atoms with van der Waals surface area (Å²) in [5, 5.41) is 3.07. The lowest BCUT2D eigenvalue weighted by molar-refractivity contribution is 0.257. The highest BCUT2D eigenvalue weighted by atomic mass is 35.5. The summed E-state index contributed by atoms with van der Waals surface area (Å²) in [6.45, 7) is 1.03. The number of halogens is 1. The monoisotopic (exact) mass is 289 g/mol. The van der Waals surface area contributed by atoms with Crippen LogP contribution in [-0.2, 0) is 0 Å². The fraction of sp³-hybridized carbons (Fsp3) is 0.364. The number of hydrogen-bond donors (Lipinski definition) is 3. The molecule has 1 aromatic rings. The molecule has 0 heterocycles. The molecule has 0 spiro atoms. The molecule has 0 unspecified atom stereocenters. The molecule has 100 valence electrons. The largest absolute Gasteiger partial charge is 0.491 e. The molecule has 0 saturated heterocycles. The number of urea groups is 1. The van der Waals surface area contributed by atoms with Crippen LogP contribution in [0.4, 0.5) is 10.5 Å². The lowest BCUT2D eigenvalue weighted by Gasteiger charge is -2.13. The van der Waals surface area contributed by atoms with Gasteiger partial charge in [0.2, 0.25) is 0 Å². The second-order valence-electron chi connectivity index (χ2n) is 3.36. The number of rotatable bonds is 6. The molecule has 0 aromatic heterocycles. The fourth-order valence-electron chi connectivity index (χ4n) is 1.24. The highest BCUT2D eigenvalue weighted by molar-refractivity contribution is 7.97. The standard InChI is InChI=1S/C11H16ClN3O2S/c1-18-15-11(16)14-10-8(12)4-2-5-9(10)17-7-3-6-13/h2,4-5H,3,6-7,13H2,1H3,(H2,14,15,16). The van der Waals surface area contributed by atoms with Crippen LogP contribution in [0.15, 0.2) is 18.2 Å². The van der Waals surface area contributed by atoms with Gasteiger partial charge < -0.3 is 15.8 Å². The van der Waals surface area contributed by atoms with Crippen molar-refractivity contribution in [3.8, 4) is 5.75 Å². The summed E-state index contributed by atoms with van der Waals surface area (Å²) >= 11 is 7.23. The summed E-state index contributed by atoms with van der Waals surface area (Å²) in [6.07, 6.45) is 2.49. The van der Waals surface area contributed by atoms with E-state index in [9.17, 15) is 4.79 Å². The lowest BCUT2D eigenvalue weighted by atomic mass is 10.3. The van der Waals surface area contributed by atoms with Crippen LogP contribution in [0.5, 0.6) is 5.75 Å². The molecule has 0 fully saturated rings. The molecule has 0 aliphatic heterocycles. The Kier molecular flexibility index (Phi) is 6.70. The van der Waals surface area contributed by atoms with Crippen molar-refractivity contribution in [1.82, 2.24) is 4.72 Å². The predicted molar refractivity (Wildman–Crippen MR) is 76.3 cm³/mol. The number of carbonyl (C=O) groups excluding carboxylic acids is 1. The van der Waals surface area contributed by atoms with Crippen molar-refractivity contribution < 1.29 is 9.53 Å². The topological polar surface area (TPSA) is 76.4 Å². The van der Waals surface area contributed by atoms with E-state index in [1.54, 1.807) is 24.5 Å². The molecule has 2 amide bonds. The Morgan fingerprint density at radius 2 is 2.33 bits per heavy atom. The number of nitrogens with one attached hydrogen (secondary N) is 2. The van der Waals surface area contributed by atoms with Gasteiger partial charge in [0, 0.05) is 6.26 Å². The van der Waals surface area contributed by atoms with Crippen molar-refractivity contribution >= 4 is 35.3 Å². The molecule has 18 heavy (non-hydrogen) atoms. The van der Waals surface area contributed by atoms with E-state index >= 15 is 0 Å². The summed E-state index contributed by atoms with van der Waals surface area (Å²) in [7, 11) is 0. The van der Waals surface area contributed by atoms with Gasteiger partial charge in [-0.3, -0.25) is 4.72 Å². The van der Waals surface area contributed by atoms with E-state index < -0.39 is 0 Å². The van der Waals surface area contributed by atoms with Gasteiger partial charge in [-0.1, -0.05) is 29.6 Å². The van der Waals surface area contributed by atoms with E-state index in [2.05, 4.69) is 10.0 Å². The number of para-hydroxylation sites is 1. The molecule has 0 aliphatic rings. The molecule has 7 heteroatoms. The maximum absolute atomic E-state index is 11.5. The van der Waals surface area contributed by atoms with Crippen LogP contribution < -0.4 is 20.5 Å². The molecule has 0 aliphatic carbocycles. The summed E-state index contributed by atoms with van der Waals surface area (Å²) in [6, 6.07) is 4.85. The molecular weight excluding hydrogens is 274 g/mol. The van der Waals surface area contributed by atoms with Gasteiger partial charge in [-0.05, 0) is 25.1 Å². The predicted octanol–water partition coefficient (Wildman–Crippen LogP) is 2.47. The Morgan fingerprint density at radius 1 is 1.56 bits per heavy atom. The van der Waals surface area contributed by atoms with Crippen molar-refractivity contribution in [3.05, 3.63) is 23.2 Å². The number of nitrogens with two attached hydrogens (primary N) is 1. The molecule has 5 nitrogen and oxygen atoms in total. The minimum Gasteiger partial charge on any atom is -0.491 e. The van der Waals surface area contributed by atoms with Crippen molar-refractivity contribution in [2.75, 3.05) is 24.7 Å². The van der Waals surface area contributed by atoms with Gasteiger partial charge in [-0.2, -0.15) is 0 Å². The molecule has 0 atom stereocenters. The van der Waals surface area contributed by atoms with Gasteiger partial charge in [-0.15, -0.1) is 0 Å². The van der Waals surface area contributed by atoms with Crippen LogP contribution in [0, 0.1) is 0 Å². The van der Waals surface area contributed by atoms with E-state index in [1.807, 2.05) is 0 Å². The minimum atomic E-state index is -0.348. The average Bonchev–Trinajstić information content (AvgIpc) is 2.34. The summed E-state index contributed by atoms with van der Waals surface area (Å²) in [5.41, 5.74) is 5.85. The van der Waals surface area contributed by atoms with Gasteiger partial charge >= 0.3 is 6.03 Å². The van der Waals surface area contributed by atoms with Gasteiger partial charge in [0.25, 0.3) is 0 Å². The maximum Gasteiger partial charge on any atom is 0.329 e. The number of anilines is 1. The second kappa shape index (κ2) is 8.07. The third-order valence-corrected chi connectivity index (χ3v) is 2.72. The van der Waals surface area contributed by atoms with Crippen LogP contribution in [0.3, 0.4) is 0 Å². The van der Waals surface area contributed by atoms with E-state index in [1.165, 1.54) is 11.9 Å². The highest BCUT2D eigenvalue weighted by Gasteiger charge is 2.11. The number of hydrogen-bond acceptors (Lipinski definition) is 4. The zero-order chi connectivity index (χ0) is 13.4. The maximum atomic E-state index is 11.5. The van der Waals surface area contributed by atoms with Crippen LogP contribution in [0.2, 0.25) is 5.02 Å². The van der Waals surface area contributed by atoms with Crippen LogP contribution in [0.25, 0.3) is 0 Å². The first-order chi connectivity index (χ1) is 8.69. The Balaban J connectivity index is 2.76. The summed E-state index contributed by atoms with van der Waals surface area (Å²) < 4.78 is 8.07. The van der Waals surface area contributed by atoms with E-state index in [-0.39, 0.29) is 6.03 Å². The first-order valence-electron chi connectivity index (χ1n) is 5.40. The zero-order valence-corrected chi connectivity index (χ0v) is 11.6. The molecular formula is C11H16ClN3O2S. The van der Waals surface area contributed by atoms with E-state index in [0.717, 1.165) is 6.42 Å². The van der Waals surface area contributed by atoms with Crippen molar-refractivity contribution in [2.24, 2.45) is 5.73 Å². The zero-order valence-electron chi connectivity index (χ0n) is 10.0. The number of carbonyl (C=O) groups is 1. The molecule has 1 aromatic carbocycles. The van der Waals surface area contributed by atoms with Crippen LogP contribution in [0.1, 0.15) is 6.42 Å². The normalized spacial score (nSPS) is 9.94. The Bertz CT molecular complexity index is 404. The second-order valence-corrected chi connectivity index (χ2v) is 4.38. The first kappa shape index (κ1) is 14.9. The third-order valence-electron chi connectivity index (χ3n) is 2.01. The number of ether oxygens (including phenoxy) is 1. The highest BCUT2D eigenvalue weighted by Crippen LogP contribution is 2.32. The Morgan fingerprint density at radius 3 is 3.00 bits per heavy atom. The van der Waals surface area contributed by atoms with Gasteiger partial charge in [0.15, 0.2) is 0 Å². The van der Waals surface area contributed by atoms with E-state index in [4.69, 9.17) is 22.1 Å². The number of benzene rings is 1. The summed E-state index contributed by atoms with van der Waals surface area (Å²) in [5.74, 6) is 0.534. The van der Waals surface area contributed by atoms with Crippen molar-refractivity contribution in [1.29, 1.82) is 0 Å². The van der Waals surface area contributed by atoms with Gasteiger partial charge in [-0.25, -0.2) is 4.79 Å². The van der Waals surface area contributed by atoms with E-state index in [0.29, 0.717) is 29.6 Å². The number of amides is 2. The quantitative estimate of drug-likeness (QED) is 0.555. The molecule has 0 bridgehead atoms.